The standard InChI is InChI=1S/C4H6NO2/c6-3-5-7-4-1-2-4/h4H,1-2H2,(H,5,6). The number of hydrogen-bond acceptors (Lipinski definition) is 2. The Balaban J connectivity index is 1.88. The van der Waals surface area contributed by atoms with E-state index in [9.17, 15) is 4.79 Å². The van der Waals surface area contributed by atoms with Crippen molar-refractivity contribution in [3.05, 3.63) is 0 Å². The highest BCUT2D eigenvalue weighted by Gasteiger charge is 2.22. The highest BCUT2D eigenvalue weighted by Crippen LogP contribution is 2.21. The highest BCUT2D eigenvalue weighted by atomic mass is 16.7. The lowest BCUT2D eigenvalue weighted by Gasteiger charge is -1.90. The first kappa shape index (κ1) is 4.59. The third-order valence-corrected chi connectivity index (χ3v) is 0.792. The number of rotatable bonds is 3. The molecule has 0 aromatic rings. The van der Waals surface area contributed by atoms with Gasteiger partial charge in [-0.2, -0.15) is 0 Å². The molecule has 1 N–H and O–H groups in total. The molecule has 1 aliphatic rings. The Morgan fingerprint density at radius 2 is 2.43 bits per heavy atom. The van der Waals surface area contributed by atoms with Crippen molar-refractivity contribution in [2.45, 2.75) is 18.9 Å². The van der Waals surface area contributed by atoms with Crippen LogP contribution < -0.4 is 5.48 Å². The van der Waals surface area contributed by atoms with Crippen molar-refractivity contribution in [1.29, 1.82) is 0 Å². The maximum absolute atomic E-state index is 9.38. The summed E-state index contributed by atoms with van der Waals surface area (Å²) in [5, 5.41) is 0. The van der Waals surface area contributed by atoms with Gasteiger partial charge in [0.25, 0.3) is 0 Å². The molecule has 0 aliphatic heterocycles. The Morgan fingerprint density at radius 3 is 2.86 bits per heavy atom. The molecule has 0 spiro atoms. The Hall–Kier alpha value is -0.570. The van der Waals surface area contributed by atoms with Gasteiger partial charge in [0, 0.05) is 0 Å². The highest BCUT2D eigenvalue weighted by molar-refractivity contribution is 5.45. The van der Waals surface area contributed by atoms with Crippen LogP contribution in [-0.2, 0) is 9.63 Å². The van der Waals surface area contributed by atoms with E-state index >= 15 is 0 Å². The molecule has 0 aromatic heterocycles. The van der Waals surface area contributed by atoms with Crippen molar-refractivity contribution in [3.8, 4) is 0 Å². The largest absolute Gasteiger partial charge is 0.335 e. The molecule has 3 nitrogen and oxygen atoms in total. The average Bonchev–Trinajstić information content (AvgIpc) is 2.42. The lowest BCUT2D eigenvalue weighted by atomic mass is 10.9. The summed E-state index contributed by atoms with van der Waals surface area (Å²) in [6.45, 7) is 0. The van der Waals surface area contributed by atoms with Crippen LogP contribution in [0.3, 0.4) is 0 Å². The van der Waals surface area contributed by atoms with Crippen LogP contribution in [-0.4, -0.2) is 12.5 Å². The van der Waals surface area contributed by atoms with Gasteiger partial charge in [0.1, 0.15) is 0 Å². The quantitative estimate of drug-likeness (QED) is 0.392. The Bertz CT molecular complexity index is 70.1. The molecule has 1 rings (SSSR count). The van der Waals surface area contributed by atoms with Crippen molar-refractivity contribution >= 4 is 6.41 Å². The third kappa shape index (κ3) is 1.55. The molecule has 0 heterocycles. The van der Waals surface area contributed by atoms with E-state index in [4.69, 9.17) is 0 Å². The summed E-state index contributed by atoms with van der Waals surface area (Å²) in [7, 11) is 0. The molecule has 1 saturated carbocycles. The smallest absolute Gasteiger partial charge is 0.270 e. The van der Waals surface area contributed by atoms with Gasteiger partial charge in [-0.25, -0.2) is 5.48 Å². The van der Waals surface area contributed by atoms with Crippen molar-refractivity contribution in [2.24, 2.45) is 0 Å². The summed E-state index contributed by atoms with van der Waals surface area (Å²) in [6, 6.07) is 0. The lowest BCUT2D eigenvalue weighted by molar-refractivity contribution is 0.0683. The fraction of sp³-hybridized carbons (Fsp3) is 0.750. The molecule has 1 aliphatic carbocycles. The van der Waals surface area contributed by atoms with Gasteiger partial charge < -0.3 is 0 Å². The van der Waals surface area contributed by atoms with E-state index in [1.54, 1.807) is 0 Å². The zero-order valence-electron chi connectivity index (χ0n) is 3.81. The van der Waals surface area contributed by atoms with Gasteiger partial charge in [-0.05, 0) is 12.8 Å². The van der Waals surface area contributed by atoms with Crippen LogP contribution in [0.15, 0.2) is 0 Å². The van der Waals surface area contributed by atoms with E-state index in [1.165, 1.54) is 6.41 Å². The molecule has 39 valence electrons. The predicted octanol–water partition coefficient (Wildman–Crippen LogP) is -0.263. The molecular weight excluding hydrogens is 94.0 g/mol. The topological polar surface area (TPSA) is 38.3 Å². The van der Waals surface area contributed by atoms with Gasteiger partial charge in [0.05, 0.1) is 6.10 Å². The third-order valence-electron chi connectivity index (χ3n) is 0.792. The van der Waals surface area contributed by atoms with Gasteiger partial charge >= 0.3 is 6.41 Å². The van der Waals surface area contributed by atoms with Crippen LogP contribution in [0.2, 0.25) is 0 Å². The lowest BCUT2D eigenvalue weighted by Crippen LogP contribution is -2.12. The van der Waals surface area contributed by atoms with Gasteiger partial charge in [-0.15, -0.1) is 0 Å². The van der Waals surface area contributed by atoms with E-state index in [0.29, 0.717) is 0 Å². The Kier molecular flexibility index (Phi) is 1.26. The molecule has 3 heteroatoms. The van der Waals surface area contributed by atoms with Crippen molar-refractivity contribution < 1.29 is 9.63 Å². The van der Waals surface area contributed by atoms with Gasteiger partial charge in [0.2, 0.25) is 0 Å². The summed E-state index contributed by atoms with van der Waals surface area (Å²) in [4.78, 5) is 14.0. The monoisotopic (exact) mass is 100 g/mol. The number of amides is 1. The summed E-state index contributed by atoms with van der Waals surface area (Å²) in [5.74, 6) is 0. The molecule has 0 aromatic carbocycles. The van der Waals surface area contributed by atoms with Crippen molar-refractivity contribution in [1.82, 2.24) is 5.48 Å². The van der Waals surface area contributed by atoms with E-state index in [-0.39, 0.29) is 6.10 Å². The van der Waals surface area contributed by atoms with E-state index in [1.807, 2.05) is 5.48 Å². The van der Waals surface area contributed by atoms with Crippen LogP contribution in [0, 0.1) is 0 Å². The second kappa shape index (κ2) is 1.93. The SMILES string of the molecule is O=[C]NOC1CC1. The van der Waals surface area contributed by atoms with Crippen LogP contribution in [0.25, 0.3) is 0 Å². The number of hydroxylamine groups is 1. The minimum atomic E-state index is 0.279. The maximum Gasteiger partial charge on any atom is 0.335 e. The summed E-state index contributed by atoms with van der Waals surface area (Å²) in [6.07, 6.45) is 3.82. The molecule has 0 unspecified atom stereocenters. The Morgan fingerprint density at radius 1 is 1.71 bits per heavy atom. The minimum Gasteiger partial charge on any atom is -0.270 e. The van der Waals surface area contributed by atoms with E-state index < -0.39 is 0 Å². The first-order valence-electron chi connectivity index (χ1n) is 2.21. The summed E-state index contributed by atoms with van der Waals surface area (Å²) in [5.41, 5.74) is 2.00. The summed E-state index contributed by atoms with van der Waals surface area (Å²) < 4.78 is 0. The normalized spacial score (nSPS) is 18.9. The van der Waals surface area contributed by atoms with E-state index in [0.717, 1.165) is 12.8 Å². The number of carbonyl (C=O) groups excluding carboxylic acids is 1. The first-order chi connectivity index (χ1) is 3.43. The zero-order valence-corrected chi connectivity index (χ0v) is 3.81. The first-order valence-corrected chi connectivity index (χ1v) is 2.21. The van der Waals surface area contributed by atoms with E-state index in [2.05, 4.69) is 4.84 Å². The Labute approximate surface area is 41.6 Å². The average molecular weight is 100 g/mol. The van der Waals surface area contributed by atoms with Crippen LogP contribution >= 0.6 is 0 Å². The minimum absolute atomic E-state index is 0.279. The van der Waals surface area contributed by atoms with Crippen molar-refractivity contribution in [3.63, 3.8) is 0 Å². The van der Waals surface area contributed by atoms with Crippen LogP contribution in [0.1, 0.15) is 12.8 Å². The molecule has 1 amide bonds. The fourth-order valence-electron chi connectivity index (χ4n) is 0.293. The van der Waals surface area contributed by atoms with Gasteiger partial charge in [0.15, 0.2) is 0 Å². The van der Waals surface area contributed by atoms with Crippen molar-refractivity contribution in [2.75, 3.05) is 0 Å². The zero-order chi connectivity index (χ0) is 5.11. The molecule has 0 saturated heterocycles. The second-order valence-corrected chi connectivity index (χ2v) is 1.52. The fourth-order valence-corrected chi connectivity index (χ4v) is 0.293. The second-order valence-electron chi connectivity index (χ2n) is 1.52. The van der Waals surface area contributed by atoms with Crippen LogP contribution in [0.5, 0.6) is 0 Å². The van der Waals surface area contributed by atoms with Crippen LogP contribution in [0.4, 0.5) is 0 Å². The summed E-state index contributed by atoms with van der Waals surface area (Å²) >= 11 is 0. The molecular formula is C4H6NO2. The molecule has 0 atom stereocenters. The molecule has 1 fully saturated rings. The molecule has 0 bridgehead atoms. The number of nitrogens with one attached hydrogen (secondary N) is 1. The van der Waals surface area contributed by atoms with Gasteiger partial charge in [-0.3, -0.25) is 9.63 Å². The maximum atomic E-state index is 9.38. The molecule has 1 radical (unpaired) electrons. The molecule has 7 heavy (non-hydrogen) atoms. The number of hydrogen-bond donors (Lipinski definition) is 1. The predicted molar refractivity (Wildman–Crippen MR) is 22.9 cm³/mol. The van der Waals surface area contributed by atoms with Gasteiger partial charge in [-0.1, -0.05) is 0 Å².